The van der Waals surface area contributed by atoms with Gasteiger partial charge in [0, 0.05) is 0 Å². The molecule has 0 aromatic rings. The lowest BCUT2D eigenvalue weighted by Crippen LogP contribution is -2.20. The molecule has 11 heavy (non-hydrogen) atoms. The summed E-state index contributed by atoms with van der Waals surface area (Å²) >= 11 is 0. The van der Waals surface area contributed by atoms with E-state index in [9.17, 15) is 0 Å². The van der Waals surface area contributed by atoms with Crippen LogP contribution >= 0.6 is 0 Å². The summed E-state index contributed by atoms with van der Waals surface area (Å²) in [6.45, 7) is 0. The lowest BCUT2D eigenvalue weighted by molar-refractivity contribution is 0.322. The molecule has 0 N–H and O–H groups in total. The number of fused-ring (bicyclic) bond motifs is 2. The quantitative estimate of drug-likeness (QED) is 0.499. The largest absolute Gasteiger partial charge is 0.0876 e. The van der Waals surface area contributed by atoms with E-state index in [0.29, 0.717) is 0 Å². The summed E-state index contributed by atoms with van der Waals surface area (Å²) in [6, 6.07) is 0. The summed E-state index contributed by atoms with van der Waals surface area (Å²) in [5.74, 6) is 3.89. The Hall–Kier alpha value is -0.520. The van der Waals surface area contributed by atoms with Gasteiger partial charge in [-0.15, -0.1) is 0 Å². The summed E-state index contributed by atoms with van der Waals surface area (Å²) in [4.78, 5) is 0. The Morgan fingerprint density at radius 3 is 2.27 bits per heavy atom. The van der Waals surface area contributed by atoms with E-state index in [1.807, 2.05) is 0 Å². The van der Waals surface area contributed by atoms with Gasteiger partial charge in [0.15, 0.2) is 0 Å². The normalized spacial score (nSPS) is 51.6. The molecule has 1 saturated carbocycles. The van der Waals surface area contributed by atoms with E-state index in [-0.39, 0.29) is 0 Å². The summed E-state index contributed by atoms with van der Waals surface area (Å²) < 4.78 is 0. The fraction of sp³-hybridized carbons (Fsp3) is 0.636. The van der Waals surface area contributed by atoms with Gasteiger partial charge in [-0.3, -0.25) is 0 Å². The maximum absolute atomic E-state index is 2.46. The van der Waals surface area contributed by atoms with Crippen molar-refractivity contribution < 1.29 is 0 Å². The summed E-state index contributed by atoms with van der Waals surface area (Å²) in [6.07, 6.45) is 13.9. The molecule has 0 radical (unpaired) electrons. The first kappa shape index (κ1) is 6.05. The van der Waals surface area contributed by atoms with Crippen LogP contribution in [0.1, 0.15) is 19.3 Å². The molecule has 0 nitrogen and oxygen atoms in total. The van der Waals surface area contributed by atoms with Crippen LogP contribution in [-0.2, 0) is 0 Å². The minimum absolute atomic E-state index is 0.954. The van der Waals surface area contributed by atoms with Crippen LogP contribution in [0.15, 0.2) is 24.3 Å². The Labute approximate surface area is 68.0 Å². The van der Waals surface area contributed by atoms with Gasteiger partial charge in [-0.05, 0) is 42.9 Å². The topological polar surface area (TPSA) is 0 Å². The molecule has 58 valence electrons. The van der Waals surface area contributed by atoms with E-state index in [1.54, 1.807) is 0 Å². The molecule has 4 unspecified atom stereocenters. The molecule has 0 spiro atoms. The average molecular weight is 146 g/mol. The minimum Gasteiger partial charge on any atom is -0.0876 e. The Balaban J connectivity index is 1.81. The highest BCUT2D eigenvalue weighted by Crippen LogP contribution is 2.49. The summed E-state index contributed by atoms with van der Waals surface area (Å²) in [7, 11) is 0. The molecular formula is C11H14. The lowest BCUT2D eigenvalue weighted by Gasteiger charge is -2.29. The Morgan fingerprint density at radius 2 is 1.82 bits per heavy atom. The van der Waals surface area contributed by atoms with E-state index < -0.39 is 0 Å². The van der Waals surface area contributed by atoms with Gasteiger partial charge in [0.2, 0.25) is 0 Å². The van der Waals surface area contributed by atoms with Gasteiger partial charge in [-0.1, -0.05) is 24.3 Å². The van der Waals surface area contributed by atoms with E-state index in [0.717, 1.165) is 23.7 Å². The van der Waals surface area contributed by atoms with Crippen LogP contribution in [0.5, 0.6) is 0 Å². The maximum atomic E-state index is 2.46. The molecule has 0 saturated heterocycles. The van der Waals surface area contributed by atoms with Crippen molar-refractivity contribution in [3.05, 3.63) is 24.3 Å². The molecule has 0 amide bonds. The first-order valence-corrected chi connectivity index (χ1v) is 4.78. The zero-order chi connectivity index (χ0) is 7.26. The predicted octanol–water partition coefficient (Wildman–Crippen LogP) is 2.77. The van der Waals surface area contributed by atoms with Crippen LogP contribution in [0.3, 0.4) is 0 Å². The molecule has 0 aliphatic heterocycles. The molecule has 2 bridgehead atoms. The van der Waals surface area contributed by atoms with Crippen molar-refractivity contribution in [2.24, 2.45) is 23.7 Å². The Kier molecular flexibility index (Phi) is 1.10. The van der Waals surface area contributed by atoms with Crippen LogP contribution in [0, 0.1) is 23.7 Å². The van der Waals surface area contributed by atoms with Gasteiger partial charge in [0.25, 0.3) is 0 Å². The molecule has 0 heteroatoms. The fourth-order valence-electron chi connectivity index (χ4n) is 2.93. The van der Waals surface area contributed by atoms with Crippen LogP contribution in [0.25, 0.3) is 0 Å². The lowest BCUT2D eigenvalue weighted by atomic mass is 9.76. The van der Waals surface area contributed by atoms with E-state index in [4.69, 9.17) is 0 Å². The minimum atomic E-state index is 0.954. The van der Waals surface area contributed by atoms with Gasteiger partial charge < -0.3 is 0 Å². The monoisotopic (exact) mass is 146 g/mol. The third-order valence-electron chi connectivity index (χ3n) is 3.67. The third-order valence-corrected chi connectivity index (χ3v) is 3.67. The first-order chi connectivity index (χ1) is 5.43. The van der Waals surface area contributed by atoms with Gasteiger partial charge in [-0.25, -0.2) is 0 Å². The highest BCUT2D eigenvalue weighted by Gasteiger charge is 2.39. The van der Waals surface area contributed by atoms with Gasteiger partial charge in [0.1, 0.15) is 0 Å². The predicted molar refractivity (Wildman–Crippen MR) is 46.1 cm³/mol. The molecule has 0 aromatic carbocycles. The van der Waals surface area contributed by atoms with Crippen LogP contribution < -0.4 is 0 Å². The Bertz CT molecular complexity index is 224. The van der Waals surface area contributed by atoms with Gasteiger partial charge >= 0.3 is 0 Å². The molecule has 4 atom stereocenters. The maximum Gasteiger partial charge on any atom is -0.0165 e. The summed E-state index contributed by atoms with van der Waals surface area (Å²) in [5.41, 5.74) is 0. The van der Waals surface area contributed by atoms with Crippen molar-refractivity contribution in [3.63, 3.8) is 0 Å². The van der Waals surface area contributed by atoms with Crippen molar-refractivity contribution in [2.75, 3.05) is 0 Å². The molecule has 3 aliphatic rings. The van der Waals surface area contributed by atoms with Crippen molar-refractivity contribution in [2.45, 2.75) is 19.3 Å². The van der Waals surface area contributed by atoms with Gasteiger partial charge in [-0.2, -0.15) is 0 Å². The SMILES string of the molecule is C1=CC(C2CC3C=CC2C3)C1. The van der Waals surface area contributed by atoms with Crippen LogP contribution in [0.2, 0.25) is 0 Å². The summed E-state index contributed by atoms with van der Waals surface area (Å²) in [5, 5.41) is 0. The second-order valence-electron chi connectivity index (χ2n) is 4.27. The third kappa shape index (κ3) is 0.756. The Morgan fingerprint density at radius 1 is 0.909 bits per heavy atom. The smallest absolute Gasteiger partial charge is 0.0165 e. The van der Waals surface area contributed by atoms with Crippen molar-refractivity contribution in [3.8, 4) is 0 Å². The number of allylic oxidation sites excluding steroid dienone is 4. The molecule has 0 heterocycles. The molecular weight excluding hydrogens is 132 g/mol. The van der Waals surface area contributed by atoms with Crippen molar-refractivity contribution in [1.29, 1.82) is 0 Å². The standard InChI is InChI=1S/C11H14/c1-2-9(3-1)11-7-8-4-5-10(11)6-8/h1-2,4-5,8-11H,3,6-7H2. The fourth-order valence-corrected chi connectivity index (χ4v) is 2.93. The van der Waals surface area contributed by atoms with Crippen LogP contribution in [-0.4, -0.2) is 0 Å². The van der Waals surface area contributed by atoms with E-state index >= 15 is 0 Å². The molecule has 1 fully saturated rings. The zero-order valence-electron chi connectivity index (χ0n) is 6.74. The highest BCUT2D eigenvalue weighted by molar-refractivity contribution is 5.16. The van der Waals surface area contributed by atoms with E-state index in [1.165, 1.54) is 19.3 Å². The zero-order valence-corrected chi connectivity index (χ0v) is 6.74. The number of hydrogen-bond acceptors (Lipinski definition) is 0. The first-order valence-electron chi connectivity index (χ1n) is 4.78. The van der Waals surface area contributed by atoms with Crippen molar-refractivity contribution >= 4 is 0 Å². The molecule has 0 aromatic heterocycles. The number of hydrogen-bond donors (Lipinski definition) is 0. The van der Waals surface area contributed by atoms with E-state index in [2.05, 4.69) is 24.3 Å². The second-order valence-corrected chi connectivity index (χ2v) is 4.27. The van der Waals surface area contributed by atoms with Gasteiger partial charge in [0.05, 0.1) is 0 Å². The number of rotatable bonds is 1. The van der Waals surface area contributed by atoms with Crippen molar-refractivity contribution in [1.82, 2.24) is 0 Å². The average Bonchev–Trinajstić information content (AvgIpc) is 2.42. The molecule has 3 rings (SSSR count). The highest BCUT2D eigenvalue weighted by atomic mass is 14.4. The van der Waals surface area contributed by atoms with Crippen LogP contribution in [0.4, 0.5) is 0 Å². The second kappa shape index (κ2) is 2.00. The molecule has 3 aliphatic carbocycles.